The summed E-state index contributed by atoms with van der Waals surface area (Å²) in [4.78, 5) is 20.0. The molecule has 204 valence electrons. The molecule has 0 saturated carbocycles. The van der Waals surface area contributed by atoms with Crippen molar-refractivity contribution in [2.75, 3.05) is 0 Å². The maximum Gasteiger partial charge on any atom is 0.160 e. The first-order valence-electron chi connectivity index (χ1n) is 14.0. The van der Waals surface area contributed by atoms with Gasteiger partial charge in [-0.05, 0) is 12.1 Å². The van der Waals surface area contributed by atoms with Crippen LogP contribution in [0.3, 0.4) is 0 Å². The standard InChI is InChI=1S/C38H25ClN4/c39-37-36(42-34(28-18-9-3-10-19-28)35(43-37)29-20-11-4-12-21-29)30-22-13-23-31(24-30)38-40-32(26-14-5-1-6-15-26)25-33(41-38)27-16-7-2-8-17-27/h1-25H. The average Bonchev–Trinajstić information content (AvgIpc) is 3.09. The van der Waals surface area contributed by atoms with Gasteiger partial charge in [-0.3, -0.25) is 0 Å². The van der Waals surface area contributed by atoms with Crippen LogP contribution < -0.4 is 0 Å². The van der Waals surface area contributed by atoms with Crippen LogP contribution in [0.15, 0.2) is 152 Å². The van der Waals surface area contributed by atoms with Crippen molar-refractivity contribution in [2.24, 2.45) is 0 Å². The molecule has 0 aliphatic rings. The largest absolute Gasteiger partial charge is 0.242 e. The summed E-state index contributed by atoms with van der Waals surface area (Å²) in [5, 5.41) is 0.333. The van der Waals surface area contributed by atoms with Crippen molar-refractivity contribution in [3.05, 3.63) is 157 Å². The van der Waals surface area contributed by atoms with Gasteiger partial charge in [0.25, 0.3) is 0 Å². The van der Waals surface area contributed by atoms with Crippen LogP contribution in [0.5, 0.6) is 0 Å². The van der Waals surface area contributed by atoms with Crippen molar-refractivity contribution in [1.82, 2.24) is 19.9 Å². The lowest BCUT2D eigenvalue weighted by molar-refractivity contribution is 1.18. The normalized spacial score (nSPS) is 10.9. The number of benzene rings is 5. The van der Waals surface area contributed by atoms with Gasteiger partial charge >= 0.3 is 0 Å². The number of hydrogen-bond acceptors (Lipinski definition) is 4. The molecule has 2 aromatic heterocycles. The minimum Gasteiger partial charge on any atom is -0.242 e. The van der Waals surface area contributed by atoms with Gasteiger partial charge in [0.1, 0.15) is 5.69 Å². The van der Waals surface area contributed by atoms with E-state index >= 15 is 0 Å². The molecule has 0 radical (unpaired) electrons. The number of rotatable bonds is 6. The SMILES string of the molecule is Clc1nc(-c2ccccc2)c(-c2ccccc2)nc1-c1cccc(-c2nc(-c3ccccc3)cc(-c3ccccc3)n2)c1. The lowest BCUT2D eigenvalue weighted by Crippen LogP contribution is -1.99. The van der Waals surface area contributed by atoms with E-state index < -0.39 is 0 Å². The van der Waals surface area contributed by atoms with Gasteiger partial charge in [0.15, 0.2) is 11.0 Å². The molecule has 2 heterocycles. The molecule has 0 amide bonds. The van der Waals surface area contributed by atoms with Crippen LogP contribution in [0.4, 0.5) is 0 Å². The molecule has 0 spiro atoms. The smallest absolute Gasteiger partial charge is 0.160 e. The number of nitrogens with zero attached hydrogens (tertiary/aromatic N) is 4. The number of halogens is 1. The molecule has 5 heteroatoms. The highest BCUT2D eigenvalue weighted by Crippen LogP contribution is 2.36. The van der Waals surface area contributed by atoms with E-state index in [0.717, 1.165) is 56.2 Å². The Hall–Kier alpha value is -5.45. The number of aromatic nitrogens is 4. The second kappa shape index (κ2) is 11.8. The predicted molar refractivity (Wildman–Crippen MR) is 175 cm³/mol. The summed E-state index contributed by atoms with van der Waals surface area (Å²) in [6.45, 7) is 0. The summed E-state index contributed by atoms with van der Waals surface area (Å²) in [6, 6.07) is 50.5. The lowest BCUT2D eigenvalue weighted by Gasteiger charge is -2.14. The summed E-state index contributed by atoms with van der Waals surface area (Å²) >= 11 is 6.88. The molecule has 4 nitrogen and oxygen atoms in total. The van der Waals surface area contributed by atoms with Gasteiger partial charge in [0.05, 0.1) is 22.8 Å². The Morgan fingerprint density at radius 3 is 1.26 bits per heavy atom. The van der Waals surface area contributed by atoms with Crippen molar-refractivity contribution >= 4 is 11.6 Å². The lowest BCUT2D eigenvalue weighted by atomic mass is 10.0. The van der Waals surface area contributed by atoms with Gasteiger partial charge in [0, 0.05) is 33.4 Å². The second-order valence-corrected chi connectivity index (χ2v) is 10.4. The Labute approximate surface area is 255 Å². The Kier molecular flexibility index (Phi) is 7.26. The fourth-order valence-electron chi connectivity index (χ4n) is 5.09. The average molecular weight is 573 g/mol. The fourth-order valence-corrected chi connectivity index (χ4v) is 5.32. The summed E-state index contributed by atoms with van der Waals surface area (Å²) in [6.07, 6.45) is 0. The van der Waals surface area contributed by atoms with Crippen LogP contribution in [0.1, 0.15) is 0 Å². The van der Waals surface area contributed by atoms with Gasteiger partial charge in [0.2, 0.25) is 0 Å². The summed E-state index contributed by atoms with van der Waals surface area (Å²) < 4.78 is 0. The Balaban J connectivity index is 1.37. The highest BCUT2D eigenvalue weighted by atomic mass is 35.5. The third-order valence-electron chi connectivity index (χ3n) is 7.21. The zero-order valence-electron chi connectivity index (χ0n) is 23.1. The zero-order valence-corrected chi connectivity index (χ0v) is 23.9. The van der Waals surface area contributed by atoms with E-state index in [1.54, 1.807) is 0 Å². The van der Waals surface area contributed by atoms with Crippen LogP contribution in [0, 0.1) is 0 Å². The molecule has 0 atom stereocenters. The zero-order chi connectivity index (χ0) is 29.0. The maximum atomic E-state index is 6.88. The molecule has 0 fully saturated rings. The summed E-state index contributed by atoms with van der Waals surface area (Å²) in [7, 11) is 0. The van der Waals surface area contributed by atoms with Crippen LogP contribution >= 0.6 is 11.6 Å². The van der Waals surface area contributed by atoms with Crippen LogP contribution in [-0.2, 0) is 0 Å². The first-order valence-corrected chi connectivity index (χ1v) is 14.4. The van der Waals surface area contributed by atoms with Crippen LogP contribution in [0.2, 0.25) is 5.15 Å². The Morgan fingerprint density at radius 2 is 0.744 bits per heavy atom. The molecular formula is C38H25ClN4. The Bertz CT molecular complexity index is 1960. The number of hydrogen-bond donors (Lipinski definition) is 0. The molecule has 5 aromatic carbocycles. The summed E-state index contributed by atoms with van der Waals surface area (Å²) in [5.41, 5.74) is 9.48. The first kappa shape index (κ1) is 26.4. The van der Waals surface area contributed by atoms with E-state index in [2.05, 4.69) is 24.3 Å². The molecule has 43 heavy (non-hydrogen) atoms. The van der Waals surface area contributed by atoms with Gasteiger partial charge in [-0.15, -0.1) is 0 Å². The minimum atomic E-state index is 0.333. The molecule has 0 bridgehead atoms. The van der Waals surface area contributed by atoms with E-state index in [4.69, 9.17) is 31.5 Å². The molecule has 7 rings (SSSR count). The highest BCUT2D eigenvalue weighted by molar-refractivity contribution is 6.32. The molecule has 7 aromatic rings. The predicted octanol–water partition coefficient (Wildman–Crippen LogP) is 9.92. The van der Waals surface area contributed by atoms with Gasteiger partial charge < -0.3 is 0 Å². The van der Waals surface area contributed by atoms with Gasteiger partial charge in [-0.2, -0.15) is 0 Å². The molecule has 0 saturated heterocycles. The maximum absolute atomic E-state index is 6.88. The third kappa shape index (κ3) is 5.56. The van der Waals surface area contributed by atoms with E-state index in [-0.39, 0.29) is 0 Å². The van der Waals surface area contributed by atoms with Gasteiger partial charge in [-0.25, -0.2) is 19.9 Å². The van der Waals surface area contributed by atoms with Crippen LogP contribution in [0.25, 0.3) is 67.7 Å². The van der Waals surface area contributed by atoms with Crippen molar-refractivity contribution < 1.29 is 0 Å². The third-order valence-corrected chi connectivity index (χ3v) is 7.47. The van der Waals surface area contributed by atoms with Crippen molar-refractivity contribution in [3.8, 4) is 67.7 Å². The van der Waals surface area contributed by atoms with Gasteiger partial charge in [-0.1, -0.05) is 151 Å². The fraction of sp³-hybridized carbons (Fsp3) is 0. The van der Waals surface area contributed by atoms with E-state index in [0.29, 0.717) is 16.7 Å². The Morgan fingerprint density at radius 1 is 0.326 bits per heavy atom. The van der Waals surface area contributed by atoms with Crippen molar-refractivity contribution in [3.63, 3.8) is 0 Å². The first-order chi connectivity index (χ1) is 21.2. The van der Waals surface area contributed by atoms with E-state index in [9.17, 15) is 0 Å². The molecule has 0 unspecified atom stereocenters. The molecule has 0 aliphatic carbocycles. The summed E-state index contributed by atoms with van der Waals surface area (Å²) in [5.74, 6) is 0.621. The quantitative estimate of drug-likeness (QED) is 0.199. The second-order valence-electron chi connectivity index (χ2n) is 10.1. The van der Waals surface area contributed by atoms with E-state index in [1.807, 2.05) is 127 Å². The molecular weight excluding hydrogens is 548 g/mol. The van der Waals surface area contributed by atoms with Crippen molar-refractivity contribution in [1.29, 1.82) is 0 Å². The van der Waals surface area contributed by atoms with E-state index in [1.165, 1.54) is 0 Å². The van der Waals surface area contributed by atoms with Crippen LogP contribution in [-0.4, -0.2) is 19.9 Å². The topological polar surface area (TPSA) is 51.6 Å². The minimum absolute atomic E-state index is 0.333. The molecule has 0 aliphatic heterocycles. The highest BCUT2D eigenvalue weighted by Gasteiger charge is 2.18. The van der Waals surface area contributed by atoms with Crippen molar-refractivity contribution in [2.45, 2.75) is 0 Å². The monoisotopic (exact) mass is 572 g/mol. The molecule has 0 N–H and O–H groups in total.